The van der Waals surface area contributed by atoms with E-state index in [-0.39, 0.29) is 5.92 Å². The summed E-state index contributed by atoms with van der Waals surface area (Å²) in [5.74, 6) is 0.0910. The summed E-state index contributed by atoms with van der Waals surface area (Å²) in [6.45, 7) is 4.29. The highest BCUT2D eigenvalue weighted by Gasteiger charge is 2.23. The largest absolute Gasteiger partial charge is 0.399 e. The van der Waals surface area contributed by atoms with Crippen LogP contribution in [-0.2, 0) is 4.84 Å². The molecule has 0 saturated carbocycles. The average Bonchev–Trinajstić information content (AvgIpc) is 2.69. The van der Waals surface area contributed by atoms with Gasteiger partial charge in [-0.3, -0.25) is 0 Å². The zero-order valence-corrected chi connectivity index (χ0v) is 19.6. The zero-order valence-electron chi connectivity index (χ0n) is 16.5. The Morgan fingerprint density at radius 3 is 2.28 bits per heavy atom. The molecular formula is C24H22BrCl2NO. The highest BCUT2D eigenvalue weighted by atomic mass is 79.9. The Bertz CT molecular complexity index is 1010. The van der Waals surface area contributed by atoms with E-state index in [4.69, 9.17) is 28.0 Å². The Kier molecular flexibility index (Phi) is 7.39. The summed E-state index contributed by atoms with van der Waals surface area (Å²) in [5, 5.41) is 5.54. The van der Waals surface area contributed by atoms with Gasteiger partial charge in [-0.05, 0) is 66.4 Å². The van der Waals surface area contributed by atoms with Crippen LogP contribution in [0.3, 0.4) is 0 Å². The number of halogens is 3. The van der Waals surface area contributed by atoms with E-state index >= 15 is 0 Å². The van der Waals surface area contributed by atoms with Gasteiger partial charge >= 0.3 is 0 Å². The van der Waals surface area contributed by atoms with Crippen molar-refractivity contribution in [2.45, 2.75) is 26.2 Å². The molecule has 5 heteroatoms. The number of rotatable bonds is 6. The Hall–Kier alpha value is -1.81. The second-order valence-corrected chi connectivity index (χ2v) is 8.72. The van der Waals surface area contributed by atoms with Crippen LogP contribution >= 0.6 is 39.1 Å². The molecule has 0 heterocycles. The summed E-state index contributed by atoms with van der Waals surface area (Å²) < 4.78 is 1.05. The van der Waals surface area contributed by atoms with E-state index in [1.165, 1.54) is 22.3 Å². The topological polar surface area (TPSA) is 21.6 Å². The van der Waals surface area contributed by atoms with Gasteiger partial charge in [0.05, 0.1) is 5.71 Å². The van der Waals surface area contributed by atoms with Crippen molar-refractivity contribution in [2.24, 2.45) is 5.16 Å². The highest BCUT2D eigenvalue weighted by molar-refractivity contribution is 9.10. The fourth-order valence-corrected chi connectivity index (χ4v) is 4.34. The van der Waals surface area contributed by atoms with Crippen molar-refractivity contribution in [3.63, 3.8) is 0 Å². The van der Waals surface area contributed by atoms with Crippen molar-refractivity contribution in [1.29, 1.82) is 0 Å². The lowest BCUT2D eigenvalue weighted by Gasteiger charge is -2.23. The van der Waals surface area contributed by atoms with E-state index in [9.17, 15) is 0 Å². The van der Waals surface area contributed by atoms with Gasteiger partial charge in [0.25, 0.3) is 0 Å². The first-order valence-electron chi connectivity index (χ1n) is 9.27. The smallest absolute Gasteiger partial charge is 0.106 e. The van der Waals surface area contributed by atoms with Gasteiger partial charge in [-0.1, -0.05) is 74.6 Å². The molecule has 0 aliphatic carbocycles. The van der Waals surface area contributed by atoms with Gasteiger partial charge in [0.2, 0.25) is 0 Å². The normalized spacial score (nSPS) is 12.7. The molecule has 3 aromatic rings. The van der Waals surface area contributed by atoms with Crippen LogP contribution in [0.1, 0.15) is 40.2 Å². The van der Waals surface area contributed by atoms with Gasteiger partial charge in [0.15, 0.2) is 0 Å². The van der Waals surface area contributed by atoms with Crippen LogP contribution in [0.25, 0.3) is 0 Å². The van der Waals surface area contributed by atoms with Crippen LogP contribution in [0, 0.1) is 13.8 Å². The summed E-state index contributed by atoms with van der Waals surface area (Å²) in [6.07, 6.45) is 0.626. The third kappa shape index (κ3) is 5.22. The average molecular weight is 491 g/mol. The second-order valence-electron chi connectivity index (χ2n) is 6.96. The van der Waals surface area contributed by atoms with Crippen molar-refractivity contribution < 1.29 is 4.84 Å². The van der Waals surface area contributed by atoms with Gasteiger partial charge in [0.1, 0.15) is 7.11 Å². The van der Waals surface area contributed by atoms with Crippen molar-refractivity contribution >= 4 is 44.8 Å². The van der Waals surface area contributed by atoms with E-state index < -0.39 is 0 Å². The maximum Gasteiger partial charge on any atom is 0.106 e. The predicted octanol–water partition coefficient (Wildman–Crippen LogP) is 7.95. The molecule has 3 rings (SSSR count). The van der Waals surface area contributed by atoms with Gasteiger partial charge in [0, 0.05) is 32.4 Å². The number of benzene rings is 3. The lowest BCUT2D eigenvalue weighted by atomic mass is 9.81. The van der Waals surface area contributed by atoms with Crippen LogP contribution in [0.4, 0.5) is 0 Å². The molecule has 2 nitrogen and oxygen atoms in total. The van der Waals surface area contributed by atoms with Gasteiger partial charge in [-0.2, -0.15) is 0 Å². The first kappa shape index (κ1) is 21.9. The molecule has 0 spiro atoms. The van der Waals surface area contributed by atoms with E-state index in [2.05, 4.69) is 77.4 Å². The molecule has 0 N–H and O–H groups in total. The number of hydrogen-bond donors (Lipinski definition) is 0. The molecule has 3 aromatic carbocycles. The van der Waals surface area contributed by atoms with Crippen molar-refractivity contribution in [3.05, 3.63) is 103 Å². The molecule has 0 radical (unpaired) electrons. The van der Waals surface area contributed by atoms with Crippen LogP contribution in [0.2, 0.25) is 10.0 Å². The van der Waals surface area contributed by atoms with E-state index in [1.807, 2.05) is 6.07 Å². The molecule has 0 aliphatic rings. The number of hydrogen-bond acceptors (Lipinski definition) is 2. The fourth-order valence-electron chi connectivity index (χ4n) is 3.68. The molecule has 1 atom stereocenters. The molecule has 0 bridgehead atoms. The lowest BCUT2D eigenvalue weighted by molar-refractivity contribution is 0.212. The quantitative estimate of drug-likeness (QED) is 0.253. The Morgan fingerprint density at radius 2 is 1.66 bits per heavy atom. The van der Waals surface area contributed by atoms with Crippen LogP contribution in [0.5, 0.6) is 0 Å². The molecule has 0 amide bonds. The maximum atomic E-state index is 6.48. The van der Waals surface area contributed by atoms with Crippen LogP contribution < -0.4 is 0 Å². The van der Waals surface area contributed by atoms with Gasteiger partial charge < -0.3 is 4.84 Å². The maximum absolute atomic E-state index is 6.48. The van der Waals surface area contributed by atoms with E-state index in [1.54, 1.807) is 19.2 Å². The summed E-state index contributed by atoms with van der Waals surface area (Å²) in [5.41, 5.74) is 6.52. The molecule has 0 fully saturated rings. The van der Waals surface area contributed by atoms with Gasteiger partial charge in [-0.25, -0.2) is 0 Å². The standard InChI is InChI=1S/C24H22BrCl2NO/c1-15-5-4-6-16(2)24(15)20(17-7-9-18(25)10-8-17)14-23(28-29-3)21-13-19(26)11-12-22(21)27/h4-13,20H,14H2,1-3H3. The van der Waals surface area contributed by atoms with Crippen molar-refractivity contribution in [2.75, 3.05) is 7.11 Å². The molecule has 0 aliphatic heterocycles. The summed E-state index contributed by atoms with van der Waals surface area (Å²) in [7, 11) is 1.55. The number of aryl methyl sites for hydroxylation is 2. The number of oxime groups is 1. The third-order valence-corrected chi connectivity index (χ3v) is 6.09. The Balaban J connectivity index is 2.14. The fraction of sp³-hybridized carbons (Fsp3) is 0.208. The summed E-state index contributed by atoms with van der Waals surface area (Å²) in [6, 6.07) is 20.2. The lowest BCUT2D eigenvalue weighted by Crippen LogP contribution is -2.13. The monoisotopic (exact) mass is 489 g/mol. The minimum Gasteiger partial charge on any atom is -0.399 e. The minimum atomic E-state index is 0.0910. The predicted molar refractivity (Wildman–Crippen MR) is 127 cm³/mol. The SMILES string of the molecule is CON=C(CC(c1ccc(Br)cc1)c1c(C)cccc1C)c1cc(Cl)ccc1Cl. The first-order chi connectivity index (χ1) is 13.9. The second kappa shape index (κ2) is 9.80. The summed E-state index contributed by atoms with van der Waals surface area (Å²) >= 11 is 16.3. The van der Waals surface area contributed by atoms with Crippen LogP contribution in [0.15, 0.2) is 70.3 Å². The highest BCUT2D eigenvalue weighted by Crippen LogP contribution is 2.36. The van der Waals surface area contributed by atoms with Crippen molar-refractivity contribution in [1.82, 2.24) is 0 Å². The van der Waals surface area contributed by atoms with E-state index in [0.717, 1.165) is 15.7 Å². The van der Waals surface area contributed by atoms with Gasteiger partial charge in [-0.15, -0.1) is 0 Å². The molecule has 0 aromatic heterocycles. The Morgan fingerprint density at radius 1 is 1.00 bits per heavy atom. The van der Waals surface area contributed by atoms with E-state index in [0.29, 0.717) is 16.5 Å². The Labute approximate surface area is 190 Å². The summed E-state index contributed by atoms with van der Waals surface area (Å²) in [4.78, 5) is 5.18. The molecule has 0 saturated heterocycles. The molecule has 150 valence electrons. The number of nitrogens with zero attached hydrogens (tertiary/aromatic N) is 1. The molecule has 1 unspecified atom stereocenters. The van der Waals surface area contributed by atoms with Crippen molar-refractivity contribution in [3.8, 4) is 0 Å². The first-order valence-corrected chi connectivity index (χ1v) is 10.8. The minimum absolute atomic E-state index is 0.0910. The zero-order chi connectivity index (χ0) is 21.0. The molecule has 29 heavy (non-hydrogen) atoms. The van der Waals surface area contributed by atoms with Crippen LogP contribution in [-0.4, -0.2) is 12.8 Å². The third-order valence-electron chi connectivity index (χ3n) is 5.00. The molecular weight excluding hydrogens is 469 g/mol.